The van der Waals surface area contributed by atoms with Crippen molar-refractivity contribution in [1.82, 2.24) is 18.8 Å². The number of anilines is 2. The molecule has 2 aliphatic rings. The van der Waals surface area contributed by atoms with E-state index in [1.165, 1.54) is 23.7 Å². The Morgan fingerprint density at radius 3 is 2.76 bits per heavy atom. The van der Waals surface area contributed by atoms with Crippen molar-refractivity contribution < 1.29 is 27.4 Å². The quantitative estimate of drug-likeness (QED) is 0.385. The van der Waals surface area contributed by atoms with Crippen molar-refractivity contribution in [3.8, 4) is 11.5 Å². The summed E-state index contributed by atoms with van der Waals surface area (Å²) in [6.07, 6.45) is 1.68. The fraction of sp³-hybridized carbons (Fsp3) is 0.417. The molecule has 2 aromatic heterocycles. The Bertz CT molecular complexity index is 1520. The lowest BCUT2D eigenvalue weighted by molar-refractivity contribution is 0.0730. The van der Waals surface area contributed by atoms with Crippen LogP contribution in [-0.2, 0) is 21.3 Å². The highest BCUT2D eigenvalue weighted by Gasteiger charge is 2.24. The predicted octanol–water partition coefficient (Wildman–Crippen LogP) is 0.620. The smallest absolute Gasteiger partial charge is 0.281 e. The second kappa shape index (κ2) is 10.9. The maximum Gasteiger partial charge on any atom is 0.281 e. The van der Waals surface area contributed by atoms with Crippen LogP contribution in [-0.4, -0.2) is 85.5 Å². The molecule has 202 valence electrons. The van der Waals surface area contributed by atoms with E-state index < -0.39 is 15.9 Å². The van der Waals surface area contributed by atoms with Gasteiger partial charge in [0.25, 0.3) is 5.91 Å². The molecule has 0 unspecified atom stereocenters. The number of aromatic nitrogens is 3. The van der Waals surface area contributed by atoms with E-state index in [2.05, 4.69) is 20.3 Å². The molecule has 38 heavy (non-hydrogen) atoms. The van der Waals surface area contributed by atoms with Crippen molar-refractivity contribution in [2.24, 2.45) is 4.99 Å². The number of rotatable bonds is 8. The first-order chi connectivity index (χ1) is 18.4. The number of nitrogen functional groups attached to an aromatic ring is 1. The number of carbonyl (C=O) groups is 1. The lowest BCUT2D eigenvalue weighted by Crippen LogP contribution is -2.42. The molecule has 0 saturated carbocycles. The Balaban J connectivity index is 1.40. The summed E-state index contributed by atoms with van der Waals surface area (Å²) in [5, 5.41) is 4.10. The number of nitrogens with zero attached hydrogens (tertiary/aromatic N) is 5. The molecule has 0 bridgehead atoms. The third-order valence-corrected chi connectivity index (χ3v) is 8.26. The fourth-order valence-electron chi connectivity index (χ4n) is 4.41. The molecule has 0 atom stereocenters. The first kappa shape index (κ1) is 25.9. The summed E-state index contributed by atoms with van der Waals surface area (Å²) in [5.41, 5.74) is 6.59. The van der Waals surface area contributed by atoms with Crippen LogP contribution in [0, 0.1) is 0 Å². The van der Waals surface area contributed by atoms with E-state index in [-0.39, 0.29) is 23.5 Å². The minimum absolute atomic E-state index is 0.0274. The van der Waals surface area contributed by atoms with Gasteiger partial charge in [-0.3, -0.25) is 9.36 Å². The number of amides is 1. The zero-order chi connectivity index (χ0) is 26.7. The molecular formula is C24H29N7O6S. The SMILES string of the molecule is COc1c(OCCCS(=O)(=O)N2CCOCC2)ccc2c3n(c(=NC(=O)c4ccc(N)nc4)nc12)CCN3. The minimum atomic E-state index is -3.37. The summed E-state index contributed by atoms with van der Waals surface area (Å²) in [7, 11) is -1.87. The number of ether oxygens (including phenoxy) is 3. The van der Waals surface area contributed by atoms with Gasteiger partial charge < -0.3 is 25.3 Å². The average Bonchev–Trinajstić information content (AvgIpc) is 3.42. The van der Waals surface area contributed by atoms with Gasteiger partial charge in [-0.2, -0.15) is 9.30 Å². The van der Waals surface area contributed by atoms with Gasteiger partial charge >= 0.3 is 0 Å². The van der Waals surface area contributed by atoms with E-state index in [0.29, 0.717) is 68.6 Å². The molecule has 4 heterocycles. The second-order valence-corrected chi connectivity index (χ2v) is 10.8. The number of carbonyl (C=O) groups excluding carboxylic acids is 1. The number of sulfonamides is 1. The van der Waals surface area contributed by atoms with Crippen LogP contribution in [0.1, 0.15) is 16.8 Å². The highest BCUT2D eigenvalue weighted by molar-refractivity contribution is 7.89. The monoisotopic (exact) mass is 543 g/mol. The van der Waals surface area contributed by atoms with Gasteiger partial charge in [0.1, 0.15) is 17.2 Å². The Hall–Kier alpha value is -3.75. The van der Waals surface area contributed by atoms with Crippen LogP contribution in [0.2, 0.25) is 0 Å². The number of hydrogen-bond donors (Lipinski definition) is 2. The molecule has 2 aliphatic heterocycles. The fourth-order valence-corrected chi connectivity index (χ4v) is 5.86. The molecule has 0 aliphatic carbocycles. The number of methoxy groups -OCH3 is 1. The summed E-state index contributed by atoms with van der Waals surface area (Å²) >= 11 is 0. The van der Waals surface area contributed by atoms with Crippen LogP contribution in [0.4, 0.5) is 11.6 Å². The summed E-state index contributed by atoms with van der Waals surface area (Å²) in [4.78, 5) is 25.7. The van der Waals surface area contributed by atoms with Crippen LogP contribution < -0.4 is 26.1 Å². The number of pyridine rings is 1. The van der Waals surface area contributed by atoms with Gasteiger partial charge in [0, 0.05) is 37.8 Å². The third-order valence-electron chi connectivity index (χ3n) is 6.31. The van der Waals surface area contributed by atoms with Crippen molar-refractivity contribution in [3.63, 3.8) is 0 Å². The van der Waals surface area contributed by atoms with E-state index >= 15 is 0 Å². The summed E-state index contributed by atoms with van der Waals surface area (Å²) in [6, 6.07) is 6.71. The maximum atomic E-state index is 12.8. The van der Waals surface area contributed by atoms with Crippen molar-refractivity contribution in [1.29, 1.82) is 0 Å². The standard InChI is InChI=1S/C24H29N7O6S/c1-35-21-18(37-11-2-14-38(33,34)30-9-12-36-13-10-30)5-4-17-20(21)28-24(31-8-7-26-22(17)31)29-23(32)16-3-6-19(25)27-15-16/h3-6,15,26H,2,7-14H2,1H3,(H2,25,27). The van der Waals surface area contributed by atoms with Gasteiger partial charge in [0.05, 0.1) is 38.2 Å². The molecule has 0 spiro atoms. The predicted molar refractivity (Wildman–Crippen MR) is 140 cm³/mol. The lowest BCUT2D eigenvalue weighted by Gasteiger charge is -2.26. The first-order valence-corrected chi connectivity index (χ1v) is 13.8. The van der Waals surface area contributed by atoms with Crippen LogP contribution in [0.5, 0.6) is 11.5 Å². The van der Waals surface area contributed by atoms with Gasteiger partial charge in [-0.25, -0.2) is 18.4 Å². The van der Waals surface area contributed by atoms with E-state index in [9.17, 15) is 13.2 Å². The van der Waals surface area contributed by atoms with Crippen molar-refractivity contribution >= 4 is 38.5 Å². The van der Waals surface area contributed by atoms with Crippen molar-refractivity contribution in [2.75, 3.05) is 63.4 Å². The molecule has 1 fully saturated rings. The molecule has 5 rings (SSSR count). The van der Waals surface area contributed by atoms with E-state index in [1.54, 1.807) is 12.1 Å². The molecule has 14 heteroatoms. The number of nitrogens with two attached hydrogens (primary N) is 1. The topological polar surface area (TPSA) is 163 Å². The normalized spacial score (nSPS) is 16.3. The number of benzene rings is 1. The molecule has 1 amide bonds. The molecular weight excluding hydrogens is 514 g/mol. The van der Waals surface area contributed by atoms with Gasteiger partial charge in [-0.1, -0.05) is 0 Å². The first-order valence-electron chi connectivity index (χ1n) is 12.2. The van der Waals surface area contributed by atoms with Gasteiger partial charge in [0.15, 0.2) is 11.5 Å². The molecule has 3 aromatic rings. The van der Waals surface area contributed by atoms with Crippen molar-refractivity contribution in [2.45, 2.75) is 13.0 Å². The number of morpholine rings is 1. The van der Waals surface area contributed by atoms with Crippen LogP contribution in [0.25, 0.3) is 10.9 Å². The van der Waals surface area contributed by atoms with E-state index in [4.69, 9.17) is 19.9 Å². The minimum Gasteiger partial charge on any atom is -0.491 e. The Kier molecular flexibility index (Phi) is 7.44. The molecule has 1 aromatic carbocycles. The average molecular weight is 544 g/mol. The van der Waals surface area contributed by atoms with Crippen LogP contribution >= 0.6 is 0 Å². The van der Waals surface area contributed by atoms with Crippen LogP contribution in [0.3, 0.4) is 0 Å². The van der Waals surface area contributed by atoms with Crippen LogP contribution in [0.15, 0.2) is 35.5 Å². The number of hydrogen-bond acceptors (Lipinski definition) is 10. The maximum absolute atomic E-state index is 12.8. The highest BCUT2D eigenvalue weighted by atomic mass is 32.2. The molecule has 3 N–H and O–H groups in total. The molecule has 0 radical (unpaired) electrons. The van der Waals surface area contributed by atoms with Gasteiger partial charge in [0.2, 0.25) is 15.6 Å². The summed E-state index contributed by atoms with van der Waals surface area (Å²) in [6.45, 7) is 2.96. The van der Waals surface area contributed by atoms with Gasteiger partial charge in [-0.15, -0.1) is 0 Å². The van der Waals surface area contributed by atoms with Crippen molar-refractivity contribution in [3.05, 3.63) is 41.6 Å². The van der Waals surface area contributed by atoms with Gasteiger partial charge in [-0.05, 0) is 30.7 Å². The Morgan fingerprint density at radius 1 is 1.21 bits per heavy atom. The highest BCUT2D eigenvalue weighted by Crippen LogP contribution is 2.37. The molecule has 1 saturated heterocycles. The summed E-state index contributed by atoms with van der Waals surface area (Å²) in [5.74, 6) is 1.33. The van der Waals surface area contributed by atoms with E-state index in [1.807, 2.05) is 10.6 Å². The Morgan fingerprint density at radius 2 is 2.03 bits per heavy atom. The Labute approximate surface area is 219 Å². The van der Waals surface area contributed by atoms with E-state index in [0.717, 1.165) is 11.2 Å². The third kappa shape index (κ3) is 5.28. The summed E-state index contributed by atoms with van der Waals surface area (Å²) < 4.78 is 45.2. The zero-order valence-corrected chi connectivity index (χ0v) is 21.7. The largest absolute Gasteiger partial charge is 0.491 e. The lowest BCUT2D eigenvalue weighted by atomic mass is 10.2. The second-order valence-electron chi connectivity index (χ2n) is 8.75. The molecule has 13 nitrogen and oxygen atoms in total. The zero-order valence-electron chi connectivity index (χ0n) is 20.9. The number of nitrogens with one attached hydrogen (secondary N) is 1. The number of fused-ring (bicyclic) bond motifs is 3.